The topological polar surface area (TPSA) is 98.8 Å². The first kappa shape index (κ1) is 50.6. The molecule has 14 heteroatoms. The van der Waals surface area contributed by atoms with Gasteiger partial charge in [-0.3, -0.25) is 0 Å². The van der Waals surface area contributed by atoms with Gasteiger partial charge in [0.05, 0.1) is 41.5 Å². The zero-order valence-corrected chi connectivity index (χ0v) is 42.3. The van der Waals surface area contributed by atoms with Crippen LogP contribution >= 0.6 is 86.7 Å². The Hall–Kier alpha value is -4.41. The molecule has 0 aliphatic heterocycles. The summed E-state index contributed by atoms with van der Waals surface area (Å²) in [5.41, 5.74) is 12.3. The van der Waals surface area contributed by atoms with Crippen LogP contribution in [0.5, 0.6) is 0 Å². The van der Waals surface area contributed by atoms with E-state index >= 15 is 0 Å². The lowest BCUT2D eigenvalue weighted by Gasteiger charge is -2.05. The van der Waals surface area contributed by atoms with Crippen LogP contribution in [-0.2, 0) is 29.2 Å². The van der Waals surface area contributed by atoms with Crippen molar-refractivity contribution in [1.82, 2.24) is 15.0 Å². The first-order valence-electron chi connectivity index (χ1n) is 19.9. The van der Waals surface area contributed by atoms with Crippen molar-refractivity contribution in [2.45, 2.75) is 56.3 Å². The third kappa shape index (κ3) is 15.1. The molecule has 0 fully saturated rings. The summed E-state index contributed by atoms with van der Waals surface area (Å²) in [5.74, 6) is 0. The number of sulfone groups is 1. The van der Waals surface area contributed by atoms with E-state index in [1.807, 2.05) is 85.2 Å². The molecule has 0 aliphatic rings. The lowest BCUT2D eigenvalue weighted by Crippen LogP contribution is -1.99. The van der Waals surface area contributed by atoms with Crippen LogP contribution in [0.15, 0.2) is 209 Å². The zero-order valence-electron chi connectivity index (χ0n) is 35.0. The predicted octanol–water partition coefficient (Wildman–Crippen LogP) is 15.2. The molecule has 328 valence electrons. The Bertz CT molecular complexity index is 2890. The van der Waals surface area contributed by atoms with E-state index in [0.29, 0.717) is 5.01 Å². The second kappa shape index (κ2) is 25.9. The van der Waals surface area contributed by atoms with Gasteiger partial charge in [0.1, 0.15) is 9.22 Å². The molecular weight excluding hydrogens is 996 g/mol. The lowest BCUT2D eigenvalue weighted by molar-refractivity contribution is 0.598. The van der Waals surface area contributed by atoms with Crippen molar-refractivity contribution in [1.29, 1.82) is 0 Å². The summed E-state index contributed by atoms with van der Waals surface area (Å²) in [6.07, 6.45) is 7.23. The summed E-state index contributed by atoms with van der Waals surface area (Å²) in [7, 11) is -3.56. The highest BCUT2D eigenvalue weighted by atomic mass is 79.9. The van der Waals surface area contributed by atoms with Crippen molar-refractivity contribution in [2.24, 2.45) is 5.73 Å². The summed E-state index contributed by atoms with van der Waals surface area (Å²) in [6.45, 7) is 4.48. The molecule has 6 nitrogen and oxygen atoms in total. The van der Waals surface area contributed by atoms with Crippen molar-refractivity contribution in [3.05, 3.63) is 201 Å². The molecule has 3 aromatic heterocycles. The van der Waals surface area contributed by atoms with E-state index < -0.39 is 9.84 Å². The van der Waals surface area contributed by atoms with E-state index in [1.54, 1.807) is 52.6 Å². The van der Waals surface area contributed by atoms with E-state index in [2.05, 4.69) is 130 Å². The molecule has 0 radical (unpaired) electrons. The highest BCUT2D eigenvalue weighted by molar-refractivity contribution is 9.11. The molecule has 0 atom stereocenters. The van der Waals surface area contributed by atoms with Gasteiger partial charge in [0.25, 0.3) is 0 Å². The smallest absolute Gasteiger partial charge is 0.217 e. The van der Waals surface area contributed by atoms with Crippen LogP contribution < -0.4 is 5.73 Å². The highest BCUT2D eigenvalue weighted by Gasteiger charge is 2.21. The van der Waals surface area contributed by atoms with Gasteiger partial charge >= 0.3 is 0 Å². The Morgan fingerprint density at radius 1 is 0.562 bits per heavy atom. The summed E-state index contributed by atoms with van der Waals surface area (Å²) >= 11 is 14.0. The van der Waals surface area contributed by atoms with Crippen LogP contribution in [0.4, 0.5) is 0 Å². The SMILES string of the molecule is CCc1ncc(Br)s1.CCc1ncc(Sc2cccc(-c3ccccc3)c2)s1.Cl.NCc1ncc(S(=O)(=O)c2cccc(-c3ccccc3)c2)s1.Sc1cccc(-c2ccccc2)c1. The van der Waals surface area contributed by atoms with Gasteiger partial charge in [0.15, 0.2) is 0 Å². The molecule has 0 saturated heterocycles. The summed E-state index contributed by atoms with van der Waals surface area (Å²) in [4.78, 5) is 15.1. The standard InChI is InChI=1S/C17H15NS2.C16H14N2O2S2.C12H10S.C5H6BrNS.ClH/c1-2-16-18-12-17(20-16)19-15-10-6-9-14(11-15)13-7-4-3-5-8-13;17-10-15-18-11-16(21-15)22(19,20)14-8-4-7-13(9-14)12-5-2-1-3-6-12;13-12-8-4-7-11(9-12)10-5-2-1-3-6-10;1-2-5-7-3-4(6)8-5;/h3-12H,2H2,1H3;1-9,11H,10,17H2;1-9,13H;3H,2H2,1H3;1H. The fourth-order valence-corrected chi connectivity index (χ4v) is 11.8. The van der Waals surface area contributed by atoms with Crippen molar-refractivity contribution in [3.8, 4) is 33.4 Å². The average molecular weight is 1040 g/mol. The van der Waals surface area contributed by atoms with Crippen molar-refractivity contribution in [3.63, 3.8) is 0 Å². The number of rotatable bonds is 10. The maximum absolute atomic E-state index is 12.7. The molecule has 6 aromatic carbocycles. The number of nitrogens with two attached hydrogens (primary N) is 1. The number of thiazole rings is 3. The molecule has 64 heavy (non-hydrogen) atoms. The zero-order chi connectivity index (χ0) is 44.4. The van der Waals surface area contributed by atoms with Gasteiger partial charge in [-0.1, -0.05) is 153 Å². The minimum absolute atomic E-state index is 0. The van der Waals surface area contributed by atoms with E-state index in [-0.39, 0.29) is 28.1 Å². The minimum Gasteiger partial charge on any atom is -0.325 e. The van der Waals surface area contributed by atoms with E-state index in [0.717, 1.165) is 44.0 Å². The maximum Gasteiger partial charge on any atom is 0.217 e. The molecule has 0 spiro atoms. The number of aromatic nitrogens is 3. The molecule has 0 amide bonds. The number of hydrogen-bond acceptors (Lipinski definition) is 11. The first-order chi connectivity index (χ1) is 30.6. The van der Waals surface area contributed by atoms with Crippen LogP contribution in [0.2, 0.25) is 0 Å². The predicted molar refractivity (Wildman–Crippen MR) is 280 cm³/mol. The molecule has 3 heterocycles. The van der Waals surface area contributed by atoms with Crippen LogP contribution in [0.1, 0.15) is 28.9 Å². The lowest BCUT2D eigenvalue weighted by atomic mass is 10.1. The van der Waals surface area contributed by atoms with Crippen LogP contribution in [0.3, 0.4) is 0 Å². The number of hydrogen-bond donors (Lipinski definition) is 2. The van der Waals surface area contributed by atoms with Gasteiger partial charge in [-0.25, -0.2) is 23.4 Å². The summed E-state index contributed by atoms with van der Waals surface area (Å²) in [5, 5.41) is 3.00. The quantitative estimate of drug-likeness (QED) is 0.132. The molecule has 0 bridgehead atoms. The fourth-order valence-electron chi connectivity index (χ4n) is 5.86. The number of halogens is 2. The van der Waals surface area contributed by atoms with Gasteiger partial charge in [0.2, 0.25) is 9.84 Å². The Labute approximate surface area is 413 Å². The molecular formula is C50H46BrClN4O2S6. The van der Waals surface area contributed by atoms with E-state index in [4.69, 9.17) is 5.73 Å². The monoisotopic (exact) mass is 1040 g/mol. The van der Waals surface area contributed by atoms with Crippen LogP contribution in [-0.4, -0.2) is 23.4 Å². The normalized spacial score (nSPS) is 10.5. The van der Waals surface area contributed by atoms with Crippen LogP contribution in [0.25, 0.3) is 33.4 Å². The van der Waals surface area contributed by atoms with E-state index in [9.17, 15) is 8.42 Å². The second-order valence-corrected chi connectivity index (χ2v) is 22.2. The van der Waals surface area contributed by atoms with Crippen molar-refractivity contribution >= 4 is 96.6 Å². The van der Waals surface area contributed by atoms with Gasteiger partial charge in [-0.2, -0.15) is 0 Å². The van der Waals surface area contributed by atoms with Gasteiger partial charge in [-0.15, -0.1) is 59.0 Å². The number of aryl methyl sites for hydroxylation is 2. The average Bonchev–Trinajstić information content (AvgIpc) is 4.13. The Balaban J connectivity index is 0.000000169. The summed E-state index contributed by atoms with van der Waals surface area (Å²) < 4.78 is 27.9. The van der Waals surface area contributed by atoms with Gasteiger partial charge in [0, 0.05) is 16.3 Å². The number of nitrogens with zero attached hydrogens (tertiary/aromatic N) is 3. The molecule has 2 N–H and O–H groups in total. The molecule has 9 aromatic rings. The van der Waals surface area contributed by atoms with Crippen molar-refractivity contribution in [2.75, 3.05) is 0 Å². The molecule has 0 aliphatic carbocycles. The minimum atomic E-state index is -3.56. The van der Waals surface area contributed by atoms with Crippen LogP contribution in [0, 0.1) is 0 Å². The summed E-state index contributed by atoms with van der Waals surface area (Å²) in [6, 6.07) is 54.2. The maximum atomic E-state index is 12.7. The number of thiol groups is 1. The third-order valence-corrected chi connectivity index (χ3v) is 16.4. The van der Waals surface area contributed by atoms with E-state index in [1.165, 1.54) is 47.6 Å². The highest BCUT2D eigenvalue weighted by Crippen LogP contribution is 2.34. The first-order valence-corrected chi connectivity index (χ1v) is 25.9. The largest absolute Gasteiger partial charge is 0.325 e. The molecule has 9 rings (SSSR count). The molecule has 0 unspecified atom stereocenters. The van der Waals surface area contributed by atoms with Gasteiger partial charge in [-0.05, 0) is 98.6 Å². The number of benzene rings is 6. The van der Waals surface area contributed by atoms with Crippen molar-refractivity contribution < 1.29 is 8.42 Å². The Kier molecular flexibility index (Phi) is 20.5. The molecule has 0 saturated carbocycles. The second-order valence-electron chi connectivity index (χ2n) is 13.4. The Morgan fingerprint density at radius 2 is 1.05 bits per heavy atom. The third-order valence-electron chi connectivity index (χ3n) is 9.00. The Morgan fingerprint density at radius 3 is 1.53 bits per heavy atom. The van der Waals surface area contributed by atoms with Gasteiger partial charge < -0.3 is 5.73 Å². The fraction of sp³-hybridized carbons (Fsp3) is 0.100.